The number of carbonyl (C=O) groups is 1. The monoisotopic (exact) mass is 400 g/mol. The normalized spacial score (nSPS) is 11.5. The van der Waals surface area contributed by atoms with Gasteiger partial charge in [-0.15, -0.1) is 0 Å². The number of hydrogen-bond acceptors (Lipinski definition) is 3. The number of anilines is 1. The Labute approximate surface area is 144 Å². The van der Waals surface area contributed by atoms with Crippen LogP contribution in [0.25, 0.3) is 0 Å². The maximum Gasteiger partial charge on any atom is 0.418 e. The molecule has 126 valence electrons. The van der Waals surface area contributed by atoms with E-state index in [1.54, 1.807) is 12.1 Å². The third kappa shape index (κ3) is 5.38. The van der Waals surface area contributed by atoms with Crippen LogP contribution in [-0.4, -0.2) is 18.7 Å². The van der Waals surface area contributed by atoms with Crippen LogP contribution in [0.1, 0.15) is 11.1 Å². The Bertz CT molecular complexity index is 731. The first-order valence-corrected chi connectivity index (χ1v) is 7.52. The Morgan fingerprint density at radius 1 is 1.17 bits per heavy atom. The third-order valence-corrected chi connectivity index (χ3v) is 3.38. The van der Waals surface area contributed by atoms with Gasteiger partial charge in [-0.2, -0.15) is 13.2 Å². The van der Waals surface area contributed by atoms with Crippen molar-refractivity contribution in [1.82, 2.24) is 0 Å². The number of nitrogens with zero attached hydrogens (tertiary/aromatic N) is 1. The van der Waals surface area contributed by atoms with Gasteiger partial charge in [0, 0.05) is 4.47 Å². The number of benzene rings is 2. The highest BCUT2D eigenvalue weighted by Crippen LogP contribution is 2.34. The Morgan fingerprint density at radius 3 is 2.50 bits per heavy atom. The van der Waals surface area contributed by atoms with E-state index in [4.69, 9.17) is 4.84 Å². The minimum Gasteiger partial charge on any atom is -0.386 e. The van der Waals surface area contributed by atoms with Crippen LogP contribution in [0.5, 0.6) is 0 Å². The molecule has 0 atom stereocenters. The lowest BCUT2D eigenvalue weighted by atomic mass is 10.1. The van der Waals surface area contributed by atoms with Crippen molar-refractivity contribution in [3.63, 3.8) is 0 Å². The number of amides is 1. The molecule has 0 unspecified atom stereocenters. The molecule has 2 aromatic rings. The minimum atomic E-state index is -4.55. The van der Waals surface area contributed by atoms with Gasteiger partial charge in [0.05, 0.1) is 17.5 Å². The van der Waals surface area contributed by atoms with E-state index in [2.05, 4.69) is 26.4 Å². The van der Waals surface area contributed by atoms with Gasteiger partial charge in [-0.25, -0.2) is 0 Å². The maximum absolute atomic E-state index is 12.8. The van der Waals surface area contributed by atoms with E-state index >= 15 is 0 Å². The zero-order chi connectivity index (χ0) is 17.6. The van der Waals surface area contributed by atoms with Gasteiger partial charge >= 0.3 is 6.18 Å². The fraction of sp³-hybridized carbons (Fsp3) is 0.125. The molecule has 24 heavy (non-hydrogen) atoms. The molecule has 4 nitrogen and oxygen atoms in total. The van der Waals surface area contributed by atoms with Gasteiger partial charge in [0.25, 0.3) is 5.91 Å². The molecule has 2 aromatic carbocycles. The predicted octanol–water partition coefficient (Wildman–Crippen LogP) is 4.46. The molecular formula is C16H12BrF3N2O2. The SMILES string of the molecule is O=C(CO/N=C\c1ccc(Br)cc1)Nc1ccccc1C(F)(F)F. The zero-order valence-corrected chi connectivity index (χ0v) is 13.8. The lowest BCUT2D eigenvalue weighted by molar-refractivity contribution is -0.137. The molecule has 0 radical (unpaired) electrons. The van der Waals surface area contributed by atoms with Crippen molar-refractivity contribution in [1.29, 1.82) is 0 Å². The van der Waals surface area contributed by atoms with Crippen LogP contribution >= 0.6 is 15.9 Å². The number of oxime groups is 1. The highest BCUT2D eigenvalue weighted by Gasteiger charge is 2.33. The van der Waals surface area contributed by atoms with Crippen LogP contribution in [-0.2, 0) is 15.8 Å². The average molecular weight is 401 g/mol. The number of alkyl halides is 3. The van der Waals surface area contributed by atoms with Crippen molar-refractivity contribution < 1.29 is 22.8 Å². The highest BCUT2D eigenvalue weighted by molar-refractivity contribution is 9.10. The molecule has 0 heterocycles. The Balaban J connectivity index is 1.89. The third-order valence-electron chi connectivity index (χ3n) is 2.85. The Kier molecular flexibility index (Phi) is 5.97. The molecule has 0 aliphatic heterocycles. The smallest absolute Gasteiger partial charge is 0.386 e. The van der Waals surface area contributed by atoms with Crippen LogP contribution < -0.4 is 5.32 Å². The molecule has 8 heteroatoms. The number of para-hydroxylation sites is 1. The summed E-state index contributed by atoms with van der Waals surface area (Å²) in [4.78, 5) is 16.5. The van der Waals surface area contributed by atoms with Crippen LogP contribution in [0, 0.1) is 0 Å². The zero-order valence-electron chi connectivity index (χ0n) is 12.2. The molecular weight excluding hydrogens is 389 g/mol. The lowest BCUT2D eigenvalue weighted by Crippen LogP contribution is -2.20. The minimum absolute atomic E-state index is 0.324. The standard InChI is InChI=1S/C16H12BrF3N2O2/c17-12-7-5-11(6-8-12)9-21-24-10-15(23)22-14-4-2-1-3-13(14)16(18,19)20/h1-9H,10H2,(H,22,23)/b21-9-. The Hall–Kier alpha value is -2.35. The summed E-state index contributed by atoms with van der Waals surface area (Å²) in [7, 11) is 0. The topological polar surface area (TPSA) is 50.7 Å². The number of rotatable bonds is 5. The fourth-order valence-corrected chi connectivity index (χ4v) is 2.03. The molecule has 2 rings (SSSR count). The van der Waals surface area contributed by atoms with Crippen molar-refractivity contribution in [3.05, 3.63) is 64.1 Å². The van der Waals surface area contributed by atoms with Crippen molar-refractivity contribution >= 4 is 33.7 Å². The number of hydrogen-bond donors (Lipinski definition) is 1. The van der Waals surface area contributed by atoms with Crippen molar-refractivity contribution in [2.45, 2.75) is 6.18 Å². The second-order valence-corrected chi connectivity index (χ2v) is 5.57. The summed E-state index contributed by atoms with van der Waals surface area (Å²) in [6.07, 6.45) is -3.16. The predicted molar refractivity (Wildman–Crippen MR) is 87.8 cm³/mol. The van der Waals surface area contributed by atoms with Crippen molar-refractivity contribution in [2.75, 3.05) is 11.9 Å². The second-order valence-electron chi connectivity index (χ2n) is 4.65. The van der Waals surface area contributed by atoms with E-state index in [0.29, 0.717) is 0 Å². The number of nitrogens with one attached hydrogen (secondary N) is 1. The summed E-state index contributed by atoms with van der Waals surface area (Å²) in [5.41, 5.74) is -0.492. The van der Waals surface area contributed by atoms with E-state index in [-0.39, 0.29) is 5.69 Å². The first-order valence-electron chi connectivity index (χ1n) is 6.73. The molecule has 0 bridgehead atoms. The van der Waals surface area contributed by atoms with Gasteiger partial charge in [0.15, 0.2) is 6.61 Å². The first kappa shape index (κ1) is 18.0. The molecule has 1 N–H and O–H groups in total. The van der Waals surface area contributed by atoms with Gasteiger partial charge in [-0.1, -0.05) is 45.4 Å². The number of carbonyl (C=O) groups excluding carboxylic acids is 1. The molecule has 0 aliphatic rings. The number of halogens is 4. The van der Waals surface area contributed by atoms with E-state index in [9.17, 15) is 18.0 Å². The summed E-state index contributed by atoms with van der Waals surface area (Å²) in [5.74, 6) is -0.736. The fourth-order valence-electron chi connectivity index (χ4n) is 1.77. The van der Waals surface area contributed by atoms with Gasteiger partial charge in [-0.05, 0) is 29.8 Å². The van der Waals surface area contributed by atoms with E-state index in [1.165, 1.54) is 24.4 Å². The van der Waals surface area contributed by atoms with Crippen molar-refractivity contribution in [2.24, 2.45) is 5.16 Å². The van der Waals surface area contributed by atoms with Gasteiger partial charge in [0.2, 0.25) is 0 Å². The van der Waals surface area contributed by atoms with Crippen LogP contribution in [0.2, 0.25) is 0 Å². The quantitative estimate of drug-likeness (QED) is 0.594. The van der Waals surface area contributed by atoms with Crippen LogP contribution in [0.4, 0.5) is 18.9 Å². The van der Waals surface area contributed by atoms with Gasteiger partial charge in [-0.3, -0.25) is 4.79 Å². The van der Waals surface area contributed by atoms with Crippen LogP contribution in [0.3, 0.4) is 0 Å². The molecule has 0 aromatic heterocycles. The molecule has 0 fully saturated rings. The Morgan fingerprint density at radius 2 is 1.83 bits per heavy atom. The van der Waals surface area contributed by atoms with E-state index in [1.807, 2.05) is 12.1 Å². The molecule has 0 saturated carbocycles. The highest BCUT2D eigenvalue weighted by atomic mass is 79.9. The summed E-state index contributed by atoms with van der Waals surface area (Å²) in [5, 5.41) is 5.76. The largest absolute Gasteiger partial charge is 0.418 e. The molecule has 0 spiro atoms. The average Bonchev–Trinajstić information content (AvgIpc) is 2.53. The van der Waals surface area contributed by atoms with Crippen molar-refractivity contribution in [3.8, 4) is 0 Å². The van der Waals surface area contributed by atoms with E-state index in [0.717, 1.165) is 16.1 Å². The lowest BCUT2D eigenvalue weighted by Gasteiger charge is -2.12. The molecule has 1 amide bonds. The summed E-state index contributed by atoms with van der Waals surface area (Å²) >= 11 is 3.29. The summed E-state index contributed by atoms with van der Waals surface area (Å²) in [6.45, 7) is -0.501. The summed E-state index contributed by atoms with van der Waals surface area (Å²) in [6, 6.07) is 11.9. The van der Waals surface area contributed by atoms with Gasteiger partial charge < -0.3 is 10.2 Å². The second kappa shape index (κ2) is 7.96. The first-order chi connectivity index (χ1) is 11.4. The maximum atomic E-state index is 12.8. The van der Waals surface area contributed by atoms with E-state index < -0.39 is 24.3 Å². The van der Waals surface area contributed by atoms with Crippen LogP contribution in [0.15, 0.2) is 58.2 Å². The van der Waals surface area contributed by atoms with Gasteiger partial charge in [0.1, 0.15) is 0 Å². The summed E-state index contributed by atoms with van der Waals surface area (Å²) < 4.78 is 39.3. The molecule has 0 saturated heterocycles. The molecule has 0 aliphatic carbocycles.